The third-order valence-corrected chi connectivity index (χ3v) is 8.50. The molecule has 0 fully saturated rings. The van der Waals surface area contributed by atoms with Gasteiger partial charge < -0.3 is 8.37 Å². The quantitative estimate of drug-likeness (QED) is 0.141. The van der Waals surface area contributed by atoms with E-state index in [1.807, 2.05) is 0 Å². The zero-order valence-corrected chi connectivity index (χ0v) is 23.9. The van der Waals surface area contributed by atoms with Gasteiger partial charge in [-0.05, 0) is 45.2 Å². The van der Waals surface area contributed by atoms with E-state index < -0.39 is 85.4 Å². The van der Waals surface area contributed by atoms with Crippen LogP contribution in [-0.4, -0.2) is 63.4 Å². The second kappa shape index (κ2) is 10.8. The van der Waals surface area contributed by atoms with Crippen LogP contribution in [0, 0.1) is 7.14 Å². The molecule has 0 aromatic heterocycles. The minimum absolute atomic E-state index is 0.221. The maximum atomic E-state index is 13.8. The molecule has 0 amide bonds. The first-order valence-corrected chi connectivity index (χ1v) is 13.7. The van der Waals surface area contributed by atoms with Crippen LogP contribution in [0.3, 0.4) is 0 Å². The van der Waals surface area contributed by atoms with E-state index in [1.165, 1.54) is 0 Å². The molecule has 0 atom stereocenters. The second-order valence-electron chi connectivity index (χ2n) is 7.11. The molecule has 1 aromatic rings. The van der Waals surface area contributed by atoms with Gasteiger partial charge in [0.15, 0.2) is 11.5 Å². The van der Waals surface area contributed by atoms with Crippen LogP contribution in [0.25, 0.3) is 0 Å². The van der Waals surface area contributed by atoms with Crippen molar-refractivity contribution in [2.75, 3.05) is 0 Å². The number of rotatable bonds is 10. The summed E-state index contributed by atoms with van der Waals surface area (Å²) in [6.45, 7) is 0. The highest BCUT2D eigenvalue weighted by Gasteiger charge is 2.87. The van der Waals surface area contributed by atoms with Gasteiger partial charge in [-0.25, -0.2) is 0 Å². The number of alkyl halides is 18. The minimum atomic E-state index is -7.78. The maximum Gasteiger partial charge on any atom is 0.460 e. The summed E-state index contributed by atoms with van der Waals surface area (Å²) in [5, 5.41) is -14.8. The molecule has 0 aliphatic heterocycles. The van der Waals surface area contributed by atoms with Crippen molar-refractivity contribution in [3.8, 4) is 11.5 Å². The summed E-state index contributed by atoms with van der Waals surface area (Å²) in [4.78, 5) is 0. The lowest BCUT2D eigenvalue weighted by atomic mass is 10.1. The Labute approximate surface area is 246 Å². The van der Waals surface area contributed by atoms with Crippen molar-refractivity contribution in [2.24, 2.45) is 0 Å². The number of benzene rings is 1. The van der Waals surface area contributed by atoms with E-state index >= 15 is 0 Å². The Balaban J connectivity index is 3.56. The molecule has 6 nitrogen and oxygen atoms in total. The van der Waals surface area contributed by atoms with Gasteiger partial charge in [0.05, 0.1) is 7.14 Å². The fourth-order valence-corrected chi connectivity index (χ4v) is 5.25. The monoisotopic (exact) mass is 926 g/mol. The highest BCUT2D eigenvalue weighted by molar-refractivity contribution is 14.1. The Bertz CT molecular complexity index is 1310. The molecule has 0 aliphatic carbocycles. The van der Waals surface area contributed by atoms with Crippen LogP contribution in [-0.2, 0) is 20.2 Å². The Morgan fingerprint density at radius 2 is 0.667 bits per heavy atom. The van der Waals surface area contributed by atoms with E-state index in [2.05, 4.69) is 8.37 Å². The summed E-state index contributed by atoms with van der Waals surface area (Å²) in [5.74, 6) is -34.6. The SMILES string of the molecule is O=S(=O)(Oc1cc(I)c(OS(=O)(=O)C(F)(F)C(F)(F)C(F)(F)C(F)(F)F)cc1I)C(F)(F)C(F)(F)C(F)(F)C(F)(F)F. The Morgan fingerprint density at radius 3 is 0.857 bits per heavy atom. The van der Waals surface area contributed by atoms with E-state index in [1.54, 1.807) is 0 Å². The molecule has 0 saturated heterocycles. The summed E-state index contributed by atoms with van der Waals surface area (Å²) in [7, 11) is -15.2. The van der Waals surface area contributed by atoms with Crippen molar-refractivity contribution in [2.45, 2.75) is 46.6 Å². The lowest BCUT2D eigenvalue weighted by Crippen LogP contribution is -2.63. The smallest absolute Gasteiger partial charge is 0.377 e. The average Bonchev–Trinajstić information content (AvgIpc) is 2.74. The van der Waals surface area contributed by atoms with Gasteiger partial charge in [-0.1, -0.05) is 0 Å². The molecule has 28 heteroatoms. The molecule has 0 spiro atoms. The van der Waals surface area contributed by atoms with Gasteiger partial charge in [0.1, 0.15) is 0 Å². The molecule has 0 aliphatic rings. The lowest BCUT2D eigenvalue weighted by Gasteiger charge is -2.32. The molecule has 0 unspecified atom stereocenters. The number of hydrogen-bond donors (Lipinski definition) is 0. The van der Waals surface area contributed by atoms with E-state index in [-0.39, 0.29) is 12.1 Å². The van der Waals surface area contributed by atoms with Gasteiger partial charge >= 0.3 is 66.8 Å². The lowest BCUT2D eigenvalue weighted by molar-refractivity contribution is -0.382. The Hall–Kier alpha value is -1.08. The number of halogens is 20. The van der Waals surface area contributed by atoms with Crippen LogP contribution in [0.4, 0.5) is 79.0 Å². The Morgan fingerprint density at radius 1 is 0.452 bits per heavy atom. The fraction of sp³-hybridized carbons (Fsp3) is 0.571. The van der Waals surface area contributed by atoms with Gasteiger partial charge in [-0.15, -0.1) is 0 Å². The summed E-state index contributed by atoms with van der Waals surface area (Å²) in [5.41, 5.74) is 0. The first-order chi connectivity index (χ1) is 18.0. The van der Waals surface area contributed by atoms with E-state index in [0.29, 0.717) is 45.2 Å². The molecule has 0 saturated carbocycles. The van der Waals surface area contributed by atoms with Crippen LogP contribution in [0.15, 0.2) is 12.1 Å². The molecule has 0 bridgehead atoms. The molecule has 0 N–H and O–H groups in total. The average molecular weight is 926 g/mol. The molecule has 42 heavy (non-hydrogen) atoms. The van der Waals surface area contributed by atoms with Crippen molar-refractivity contribution in [1.29, 1.82) is 0 Å². The third-order valence-electron chi connectivity index (χ3n) is 4.25. The van der Waals surface area contributed by atoms with Crippen molar-refractivity contribution >= 4 is 65.4 Å². The normalized spacial score (nSPS) is 15.5. The van der Waals surface area contributed by atoms with Crippen LogP contribution in [0.1, 0.15) is 0 Å². The van der Waals surface area contributed by atoms with Gasteiger partial charge in [0, 0.05) is 12.1 Å². The summed E-state index contributed by atoms with van der Waals surface area (Å²) in [6.07, 6.45) is -14.9. The predicted octanol–water partition coefficient (Wildman–Crippen LogP) is 7.16. The van der Waals surface area contributed by atoms with Crippen LogP contribution in [0.5, 0.6) is 11.5 Å². The van der Waals surface area contributed by atoms with E-state index in [4.69, 9.17) is 0 Å². The van der Waals surface area contributed by atoms with E-state index in [9.17, 15) is 95.9 Å². The second-order valence-corrected chi connectivity index (χ2v) is 12.6. The molecule has 0 heterocycles. The molecule has 0 radical (unpaired) electrons. The van der Waals surface area contributed by atoms with Crippen molar-refractivity contribution in [1.82, 2.24) is 0 Å². The van der Waals surface area contributed by atoms with Crippen molar-refractivity contribution in [3.05, 3.63) is 19.3 Å². The highest BCUT2D eigenvalue weighted by Crippen LogP contribution is 2.56. The molecular weight excluding hydrogens is 924 g/mol. The van der Waals surface area contributed by atoms with Gasteiger partial charge in [-0.3, -0.25) is 0 Å². The maximum absolute atomic E-state index is 13.8. The third kappa shape index (κ3) is 5.96. The summed E-state index contributed by atoms with van der Waals surface area (Å²) < 4.78 is 285. The molecule has 1 aromatic carbocycles. The first kappa shape index (κ1) is 38.9. The molecule has 1 rings (SSSR count). The first-order valence-electron chi connectivity index (χ1n) is 8.75. The topological polar surface area (TPSA) is 86.7 Å². The zero-order valence-electron chi connectivity index (χ0n) is 18.0. The van der Waals surface area contributed by atoms with Crippen LogP contribution in [0.2, 0.25) is 0 Å². The van der Waals surface area contributed by atoms with Crippen LogP contribution < -0.4 is 8.37 Å². The summed E-state index contributed by atoms with van der Waals surface area (Å²) >= 11 is 1.20. The molecular formula is C14H2F18I2O6S2. The van der Waals surface area contributed by atoms with Crippen LogP contribution >= 0.6 is 45.2 Å². The predicted molar refractivity (Wildman–Crippen MR) is 113 cm³/mol. The standard InChI is InChI=1S/C14H2F18I2O6S2/c15-7(16,11(23,24)25)9(19,20)13(29,30)41(35,36)39-5-1-3(33)6(2-4(5)34)40-42(37,38)14(31,32)10(21,22)8(17,18)12(26,27)28/h1-2H. The summed E-state index contributed by atoms with van der Waals surface area (Å²) in [6, 6.07) is -0.442. The molecule has 246 valence electrons. The Kier molecular flexibility index (Phi) is 9.99. The highest BCUT2D eigenvalue weighted by atomic mass is 127. The van der Waals surface area contributed by atoms with Gasteiger partial charge in [0.2, 0.25) is 0 Å². The minimum Gasteiger partial charge on any atom is -0.377 e. The van der Waals surface area contributed by atoms with Crippen molar-refractivity contribution < 1.29 is 104 Å². The van der Waals surface area contributed by atoms with Crippen molar-refractivity contribution in [3.63, 3.8) is 0 Å². The zero-order chi connectivity index (χ0) is 34.1. The number of hydrogen-bond acceptors (Lipinski definition) is 6. The largest absolute Gasteiger partial charge is 0.460 e. The van der Waals surface area contributed by atoms with Gasteiger partial charge in [-0.2, -0.15) is 95.9 Å². The fourth-order valence-electron chi connectivity index (χ4n) is 2.01. The van der Waals surface area contributed by atoms with Gasteiger partial charge in [0.25, 0.3) is 0 Å². The van der Waals surface area contributed by atoms with E-state index in [0.717, 1.165) is 0 Å².